The highest BCUT2D eigenvalue weighted by Gasteiger charge is 2.26. The van der Waals surface area contributed by atoms with Crippen LogP contribution in [-0.4, -0.2) is 48.2 Å². The summed E-state index contributed by atoms with van der Waals surface area (Å²) >= 11 is 0. The summed E-state index contributed by atoms with van der Waals surface area (Å²) in [5.41, 5.74) is 4.52. The first-order chi connectivity index (χ1) is 11.1. The van der Waals surface area contributed by atoms with E-state index in [9.17, 15) is 15.3 Å². The van der Waals surface area contributed by atoms with E-state index in [2.05, 4.69) is 53.7 Å². The monoisotopic (exact) mass is 337 g/mol. The van der Waals surface area contributed by atoms with Gasteiger partial charge in [0.2, 0.25) is 0 Å². The van der Waals surface area contributed by atoms with E-state index in [1.807, 2.05) is 4.90 Å². The number of hydrogen-bond donors (Lipinski definition) is 3. The van der Waals surface area contributed by atoms with Gasteiger partial charge >= 0.3 is 0 Å². The normalized spacial score (nSPS) is 12.5. The van der Waals surface area contributed by atoms with E-state index < -0.39 is 0 Å². The fourth-order valence-electron chi connectivity index (χ4n) is 3.01. The number of aliphatic hydroxyl groups is 3. The number of rotatable bonds is 7. The van der Waals surface area contributed by atoms with Gasteiger partial charge in [0.1, 0.15) is 0 Å². The summed E-state index contributed by atoms with van der Waals surface area (Å²) in [5.74, 6) is 0. The van der Waals surface area contributed by atoms with Crippen LogP contribution in [0.5, 0.6) is 0 Å². The van der Waals surface area contributed by atoms with Crippen molar-refractivity contribution in [3.8, 4) is 0 Å². The van der Waals surface area contributed by atoms with E-state index in [4.69, 9.17) is 0 Å². The first-order valence-electron chi connectivity index (χ1n) is 8.81. The smallest absolute Gasteiger partial charge is 0.0606 e. The number of anilines is 1. The van der Waals surface area contributed by atoms with Crippen LogP contribution in [0.4, 0.5) is 5.69 Å². The van der Waals surface area contributed by atoms with Gasteiger partial charge in [-0.1, -0.05) is 47.6 Å². The summed E-state index contributed by atoms with van der Waals surface area (Å²) in [6, 6.07) is 4.41. The lowest BCUT2D eigenvalue weighted by Gasteiger charge is -2.34. The van der Waals surface area contributed by atoms with Crippen LogP contribution >= 0.6 is 0 Å². The maximum atomic E-state index is 9.59. The molecule has 0 aromatic heterocycles. The molecule has 0 radical (unpaired) electrons. The molecule has 24 heavy (non-hydrogen) atoms. The molecule has 138 valence electrons. The molecule has 1 rings (SSSR count). The summed E-state index contributed by atoms with van der Waals surface area (Å²) in [4.78, 5) is 2.02. The van der Waals surface area contributed by atoms with Crippen LogP contribution in [0.1, 0.15) is 58.2 Å². The Labute approximate surface area is 147 Å². The number of aliphatic hydroxyl groups excluding tert-OH is 3. The summed E-state index contributed by atoms with van der Waals surface area (Å²) in [6.07, 6.45) is 0.569. The van der Waals surface area contributed by atoms with Crippen molar-refractivity contribution in [1.82, 2.24) is 0 Å². The average Bonchev–Trinajstić information content (AvgIpc) is 2.45. The fraction of sp³-hybridized carbons (Fsp3) is 0.700. The quantitative estimate of drug-likeness (QED) is 0.716. The van der Waals surface area contributed by atoms with Crippen molar-refractivity contribution in [3.05, 3.63) is 28.8 Å². The van der Waals surface area contributed by atoms with Crippen LogP contribution in [0.25, 0.3) is 0 Å². The van der Waals surface area contributed by atoms with Gasteiger partial charge in [-0.15, -0.1) is 0 Å². The molecule has 1 aromatic carbocycles. The molecular formula is C20H35NO3. The third-order valence-corrected chi connectivity index (χ3v) is 4.34. The summed E-state index contributed by atoms with van der Waals surface area (Å²) < 4.78 is 0. The van der Waals surface area contributed by atoms with Gasteiger partial charge in [0.05, 0.1) is 13.2 Å². The maximum Gasteiger partial charge on any atom is 0.0606 e. The Morgan fingerprint density at radius 3 is 1.71 bits per heavy atom. The Hall–Kier alpha value is -1.10. The predicted octanol–water partition coefficient (Wildman–Crippen LogP) is 2.61. The third-order valence-electron chi connectivity index (χ3n) is 4.34. The molecular weight excluding hydrogens is 302 g/mol. The van der Waals surface area contributed by atoms with Gasteiger partial charge in [-0.05, 0) is 40.0 Å². The molecule has 4 nitrogen and oxygen atoms in total. The standard InChI is InChI=1S/C20H35NO3/c1-19(2,3)15-13-17(20(4,5)6)16(7-10-22)18(14-15)21(8-11-23)9-12-24/h13-14,22-24H,7-12H2,1-6H3. The van der Waals surface area contributed by atoms with Crippen molar-refractivity contribution < 1.29 is 15.3 Å². The highest BCUT2D eigenvalue weighted by atomic mass is 16.3. The first kappa shape index (κ1) is 20.9. The van der Waals surface area contributed by atoms with Crippen LogP contribution in [0, 0.1) is 0 Å². The molecule has 1 aromatic rings. The molecule has 0 spiro atoms. The highest BCUT2D eigenvalue weighted by Crippen LogP contribution is 2.37. The molecule has 0 fully saturated rings. The van der Waals surface area contributed by atoms with Crippen LogP contribution in [0.15, 0.2) is 12.1 Å². The summed E-state index contributed by atoms with van der Waals surface area (Å²) in [5, 5.41) is 28.4. The Kier molecular flexibility index (Phi) is 7.26. The third kappa shape index (κ3) is 5.20. The Morgan fingerprint density at radius 1 is 0.792 bits per heavy atom. The van der Waals surface area contributed by atoms with Gasteiger partial charge in [-0.25, -0.2) is 0 Å². The topological polar surface area (TPSA) is 63.9 Å². The zero-order valence-electron chi connectivity index (χ0n) is 16.2. The lowest BCUT2D eigenvalue weighted by molar-refractivity contribution is 0.280. The van der Waals surface area contributed by atoms with E-state index >= 15 is 0 Å². The van der Waals surface area contributed by atoms with Crippen molar-refractivity contribution in [1.29, 1.82) is 0 Å². The second kappa shape index (κ2) is 8.32. The van der Waals surface area contributed by atoms with Crippen molar-refractivity contribution in [3.63, 3.8) is 0 Å². The van der Waals surface area contributed by atoms with Crippen molar-refractivity contribution in [2.24, 2.45) is 0 Å². The first-order valence-corrected chi connectivity index (χ1v) is 8.81. The van der Waals surface area contributed by atoms with E-state index in [1.165, 1.54) is 11.1 Å². The molecule has 0 heterocycles. The van der Waals surface area contributed by atoms with Gasteiger partial charge in [0.25, 0.3) is 0 Å². The Bertz CT molecular complexity index is 521. The van der Waals surface area contributed by atoms with Gasteiger partial charge in [-0.3, -0.25) is 0 Å². The molecule has 0 amide bonds. The van der Waals surface area contributed by atoms with E-state index in [0.717, 1.165) is 11.3 Å². The maximum absolute atomic E-state index is 9.59. The van der Waals surface area contributed by atoms with Gasteiger partial charge in [-0.2, -0.15) is 0 Å². The second-order valence-corrected chi connectivity index (χ2v) is 8.43. The SMILES string of the molecule is CC(C)(C)c1cc(N(CCO)CCO)c(CCO)c(C(C)(C)C)c1. The molecule has 4 heteroatoms. The molecule has 0 aliphatic carbocycles. The second-order valence-electron chi connectivity index (χ2n) is 8.43. The molecule has 3 N–H and O–H groups in total. The number of benzene rings is 1. The lowest BCUT2D eigenvalue weighted by atomic mass is 9.77. The minimum absolute atomic E-state index is 0.00338. The van der Waals surface area contributed by atoms with Crippen molar-refractivity contribution in [2.45, 2.75) is 58.8 Å². The minimum atomic E-state index is -0.0510. The summed E-state index contributed by atoms with van der Waals surface area (Å²) in [7, 11) is 0. The van der Waals surface area contributed by atoms with E-state index in [1.54, 1.807) is 0 Å². The Balaban J connectivity index is 3.67. The predicted molar refractivity (Wildman–Crippen MR) is 101 cm³/mol. The number of hydrogen-bond acceptors (Lipinski definition) is 4. The molecule has 0 bridgehead atoms. The molecule has 0 aliphatic rings. The molecule has 0 unspecified atom stereocenters. The lowest BCUT2D eigenvalue weighted by Crippen LogP contribution is -2.32. The Morgan fingerprint density at radius 2 is 1.33 bits per heavy atom. The molecule has 0 saturated carbocycles. The zero-order chi connectivity index (χ0) is 18.5. The fourth-order valence-corrected chi connectivity index (χ4v) is 3.01. The van der Waals surface area contributed by atoms with Crippen molar-refractivity contribution in [2.75, 3.05) is 37.8 Å². The van der Waals surface area contributed by atoms with Gasteiger partial charge in [0.15, 0.2) is 0 Å². The molecule has 0 aliphatic heterocycles. The van der Waals surface area contributed by atoms with Crippen LogP contribution < -0.4 is 4.90 Å². The van der Waals surface area contributed by atoms with Crippen LogP contribution in [0.3, 0.4) is 0 Å². The highest BCUT2D eigenvalue weighted by molar-refractivity contribution is 5.61. The minimum Gasteiger partial charge on any atom is -0.396 e. The van der Waals surface area contributed by atoms with E-state index in [-0.39, 0.29) is 30.7 Å². The van der Waals surface area contributed by atoms with Gasteiger partial charge in [0, 0.05) is 25.4 Å². The summed E-state index contributed by atoms with van der Waals surface area (Å²) in [6.45, 7) is 14.2. The van der Waals surface area contributed by atoms with Crippen molar-refractivity contribution >= 4 is 5.69 Å². The number of nitrogens with zero attached hydrogens (tertiary/aromatic N) is 1. The van der Waals surface area contributed by atoms with E-state index in [0.29, 0.717) is 19.5 Å². The largest absolute Gasteiger partial charge is 0.396 e. The molecule has 0 atom stereocenters. The zero-order valence-corrected chi connectivity index (χ0v) is 16.2. The van der Waals surface area contributed by atoms with Crippen LogP contribution in [-0.2, 0) is 17.3 Å². The van der Waals surface area contributed by atoms with Crippen LogP contribution in [0.2, 0.25) is 0 Å². The van der Waals surface area contributed by atoms with Gasteiger partial charge < -0.3 is 20.2 Å². The average molecular weight is 338 g/mol. The molecule has 0 saturated heterocycles.